The Bertz CT molecular complexity index is 672. The minimum Gasteiger partial charge on any atom is -0.481 e. The predicted octanol–water partition coefficient (Wildman–Crippen LogP) is 2.10. The normalized spacial score (nSPS) is 17.9. The van der Waals surface area contributed by atoms with E-state index in [1.165, 1.54) is 0 Å². The molecule has 0 saturated carbocycles. The second-order valence-electron chi connectivity index (χ2n) is 4.69. The fourth-order valence-corrected chi connectivity index (χ4v) is 4.24. The van der Waals surface area contributed by atoms with Gasteiger partial charge >= 0.3 is 5.97 Å². The zero-order chi connectivity index (χ0) is 15.8. The Morgan fingerprint density at radius 1 is 1.29 bits per heavy atom. The Kier molecular flexibility index (Phi) is 4.50. The first kappa shape index (κ1) is 16.1. The van der Waals surface area contributed by atoms with Gasteiger partial charge in [0.2, 0.25) is 10.0 Å². The van der Waals surface area contributed by atoms with Gasteiger partial charge in [-0.15, -0.1) is 0 Å². The molecule has 1 saturated heterocycles. The maximum atomic E-state index is 13.8. The van der Waals surface area contributed by atoms with Crippen molar-refractivity contribution in [1.82, 2.24) is 4.31 Å². The molecule has 1 aliphatic heterocycles. The maximum Gasteiger partial charge on any atom is 0.306 e. The molecule has 0 unspecified atom stereocenters. The molecule has 5 nitrogen and oxygen atoms in total. The smallest absolute Gasteiger partial charge is 0.306 e. The van der Waals surface area contributed by atoms with Crippen molar-refractivity contribution in [2.24, 2.45) is 5.92 Å². The highest BCUT2D eigenvalue weighted by Gasteiger charge is 2.35. The molecule has 21 heavy (non-hydrogen) atoms. The summed E-state index contributed by atoms with van der Waals surface area (Å²) in [5, 5.41) is 8.46. The predicted molar refractivity (Wildman–Crippen MR) is 70.5 cm³/mol. The molecule has 1 heterocycles. The first-order valence-corrected chi connectivity index (χ1v) is 7.93. The van der Waals surface area contributed by atoms with Crippen LogP contribution in [0.4, 0.5) is 8.78 Å². The first-order chi connectivity index (χ1) is 9.75. The van der Waals surface area contributed by atoms with Crippen molar-refractivity contribution in [3.63, 3.8) is 0 Å². The Hall–Kier alpha value is -1.25. The van der Waals surface area contributed by atoms with Crippen LogP contribution in [0.5, 0.6) is 0 Å². The largest absolute Gasteiger partial charge is 0.481 e. The van der Waals surface area contributed by atoms with Crippen LogP contribution < -0.4 is 0 Å². The van der Waals surface area contributed by atoms with Crippen molar-refractivity contribution in [1.29, 1.82) is 0 Å². The van der Waals surface area contributed by atoms with Gasteiger partial charge in [-0.2, -0.15) is 4.31 Å². The lowest BCUT2D eigenvalue weighted by Crippen LogP contribution is -2.40. The molecular weight excluding hydrogens is 328 g/mol. The zero-order valence-corrected chi connectivity index (χ0v) is 12.3. The third-order valence-electron chi connectivity index (χ3n) is 3.40. The summed E-state index contributed by atoms with van der Waals surface area (Å²) in [6.07, 6.45) is 0.228. The van der Waals surface area contributed by atoms with Crippen LogP contribution in [0.1, 0.15) is 12.8 Å². The molecule has 0 amide bonds. The van der Waals surface area contributed by atoms with E-state index in [1.807, 2.05) is 0 Å². The van der Waals surface area contributed by atoms with Gasteiger partial charge in [-0.3, -0.25) is 4.79 Å². The van der Waals surface area contributed by atoms with Crippen molar-refractivity contribution < 1.29 is 27.1 Å². The van der Waals surface area contributed by atoms with Crippen molar-refractivity contribution in [3.8, 4) is 0 Å². The summed E-state index contributed by atoms with van der Waals surface area (Å²) in [6, 6.07) is 1.71. The molecule has 0 bridgehead atoms. The zero-order valence-electron chi connectivity index (χ0n) is 10.7. The van der Waals surface area contributed by atoms with E-state index in [9.17, 15) is 22.0 Å². The van der Waals surface area contributed by atoms with E-state index >= 15 is 0 Å². The number of carbonyl (C=O) groups is 1. The van der Waals surface area contributed by atoms with Crippen molar-refractivity contribution in [2.75, 3.05) is 13.1 Å². The van der Waals surface area contributed by atoms with Gasteiger partial charge in [-0.25, -0.2) is 17.2 Å². The summed E-state index contributed by atoms with van der Waals surface area (Å²) >= 11 is 5.68. The molecule has 0 atom stereocenters. The molecule has 1 N–H and O–H groups in total. The number of aliphatic carboxylic acids is 1. The molecule has 1 aliphatic rings. The highest BCUT2D eigenvalue weighted by molar-refractivity contribution is 7.89. The Morgan fingerprint density at radius 2 is 1.86 bits per heavy atom. The second-order valence-corrected chi connectivity index (χ2v) is 6.97. The van der Waals surface area contributed by atoms with Crippen LogP contribution in [0.15, 0.2) is 17.0 Å². The van der Waals surface area contributed by atoms with Crippen molar-refractivity contribution >= 4 is 27.6 Å². The number of carboxylic acid groups (broad SMARTS) is 1. The van der Waals surface area contributed by atoms with E-state index in [0.29, 0.717) is 0 Å². The van der Waals surface area contributed by atoms with Crippen LogP contribution in [-0.4, -0.2) is 36.9 Å². The monoisotopic (exact) mass is 339 g/mol. The summed E-state index contributed by atoms with van der Waals surface area (Å²) in [4.78, 5) is 9.93. The van der Waals surface area contributed by atoms with Gasteiger partial charge in [-0.05, 0) is 25.0 Å². The Morgan fingerprint density at radius 3 is 2.38 bits per heavy atom. The summed E-state index contributed by atoms with van der Waals surface area (Å²) in [6.45, 7) is -0.156. The number of benzene rings is 1. The lowest BCUT2D eigenvalue weighted by atomic mass is 9.99. The highest BCUT2D eigenvalue weighted by Crippen LogP contribution is 2.31. The summed E-state index contributed by atoms with van der Waals surface area (Å²) in [5.74, 6) is -4.47. The molecule has 9 heteroatoms. The SMILES string of the molecule is O=C(O)C1CCN(S(=O)(=O)c2c(Cl)ccc(F)c2F)CC1. The average molecular weight is 340 g/mol. The van der Waals surface area contributed by atoms with Gasteiger partial charge in [0.25, 0.3) is 0 Å². The van der Waals surface area contributed by atoms with Crippen LogP contribution in [0.3, 0.4) is 0 Å². The van der Waals surface area contributed by atoms with Crippen molar-refractivity contribution in [3.05, 3.63) is 28.8 Å². The van der Waals surface area contributed by atoms with Crippen LogP contribution in [0.25, 0.3) is 0 Å². The molecule has 1 aromatic carbocycles. The number of sulfonamides is 1. The molecule has 116 valence electrons. The lowest BCUT2D eigenvalue weighted by Gasteiger charge is -2.29. The molecule has 2 rings (SSSR count). The maximum absolute atomic E-state index is 13.8. The van der Waals surface area contributed by atoms with E-state index in [0.717, 1.165) is 16.4 Å². The van der Waals surface area contributed by atoms with E-state index < -0.39 is 43.5 Å². The number of rotatable bonds is 3. The Balaban J connectivity index is 2.32. The first-order valence-electron chi connectivity index (χ1n) is 6.11. The molecule has 0 aliphatic carbocycles. The van der Waals surface area contributed by atoms with E-state index in [2.05, 4.69) is 0 Å². The fraction of sp³-hybridized carbons (Fsp3) is 0.417. The summed E-state index contributed by atoms with van der Waals surface area (Å²) in [7, 11) is -4.30. The number of nitrogens with zero attached hydrogens (tertiary/aromatic N) is 1. The van der Waals surface area contributed by atoms with Crippen LogP contribution >= 0.6 is 11.6 Å². The quantitative estimate of drug-likeness (QED) is 0.856. The minimum absolute atomic E-state index is 0.0778. The molecular formula is C12H12ClF2NO4S. The van der Waals surface area contributed by atoms with E-state index in [-0.39, 0.29) is 25.9 Å². The third-order valence-corrected chi connectivity index (χ3v) is 5.79. The van der Waals surface area contributed by atoms with Gasteiger partial charge in [-0.1, -0.05) is 11.6 Å². The molecule has 0 radical (unpaired) electrons. The fourth-order valence-electron chi connectivity index (χ4n) is 2.22. The van der Waals surface area contributed by atoms with Crippen LogP contribution in [0, 0.1) is 17.6 Å². The highest BCUT2D eigenvalue weighted by atomic mass is 35.5. The van der Waals surface area contributed by atoms with E-state index in [1.54, 1.807) is 0 Å². The number of carboxylic acids is 1. The van der Waals surface area contributed by atoms with Gasteiger partial charge in [0.1, 0.15) is 4.90 Å². The number of hydrogen-bond acceptors (Lipinski definition) is 3. The average Bonchev–Trinajstić information content (AvgIpc) is 2.43. The lowest BCUT2D eigenvalue weighted by molar-refractivity contribution is -0.142. The van der Waals surface area contributed by atoms with Gasteiger partial charge in [0.15, 0.2) is 11.6 Å². The van der Waals surface area contributed by atoms with E-state index in [4.69, 9.17) is 16.7 Å². The second kappa shape index (κ2) is 5.86. The number of halogens is 3. The number of piperidine rings is 1. The van der Waals surface area contributed by atoms with Crippen LogP contribution in [0.2, 0.25) is 5.02 Å². The van der Waals surface area contributed by atoms with Crippen molar-refractivity contribution in [2.45, 2.75) is 17.7 Å². The van der Waals surface area contributed by atoms with Crippen LogP contribution in [-0.2, 0) is 14.8 Å². The number of hydrogen-bond donors (Lipinski definition) is 1. The molecule has 0 aromatic heterocycles. The Labute approximate surface area is 125 Å². The summed E-state index contributed by atoms with van der Waals surface area (Å²) < 4.78 is 52.6. The van der Waals surface area contributed by atoms with Gasteiger partial charge in [0.05, 0.1) is 10.9 Å². The molecule has 0 spiro atoms. The standard InChI is InChI=1S/C12H12ClF2NO4S/c13-8-1-2-9(14)10(15)11(8)21(19,20)16-5-3-7(4-6-16)12(17)18/h1-2,7H,3-6H2,(H,17,18). The molecule has 1 fully saturated rings. The van der Waals surface area contributed by atoms with Gasteiger partial charge < -0.3 is 5.11 Å². The molecule has 1 aromatic rings. The third kappa shape index (κ3) is 3.02. The summed E-state index contributed by atoms with van der Waals surface area (Å²) in [5.41, 5.74) is 0. The topological polar surface area (TPSA) is 74.7 Å². The van der Waals surface area contributed by atoms with Gasteiger partial charge in [0, 0.05) is 13.1 Å². The minimum atomic E-state index is -4.30.